The molecule has 6 aromatic carbocycles. The Bertz CT molecular complexity index is 1840. The molecule has 1 aliphatic rings. The van der Waals surface area contributed by atoms with Gasteiger partial charge in [-0.1, -0.05) is 92.7 Å². The van der Waals surface area contributed by atoms with Gasteiger partial charge in [0, 0.05) is 5.41 Å². The molecule has 0 atom stereocenters. The summed E-state index contributed by atoms with van der Waals surface area (Å²) >= 11 is 0. The van der Waals surface area contributed by atoms with Crippen molar-refractivity contribution in [2.45, 2.75) is 19.3 Å². The highest BCUT2D eigenvalue weighted by Gasteiger charge is 2.36. The fraction of sp³-hybridized carbons (Fsp3) is 0.135. The molecule has 6 aromatic rings. The lowest BCUT2D eigenvalue weighted by molar-refractivity contribution is 0.413. The number of ether oxygens (including phenoxy) is 2. The van der Waals surface area contributed by atoms with Crippen molar-refractivity contribution in [3.63, 3.8) is 0 Å². The summed E-state index contributed by atoms with van der Waals surface area (Å²) in [5.41, 5.74) is 10.1. The molecular formula is C37H30O2. The molecule has 190 valence electrons. The highest BCUT2D eigenvalue weighted by atomic mass is 16.5. The summed E-state index contributed by atoms with van der Waals surface area (Å²) in [5, 5.41) is 5.03. The molecule has 2 heteroatoms. The van der Waals surface area contributed by atoms with Crippen molar-refractivity contribution in [2.24, 2.45) is 0 Å². The Morgan fingerprint density at radius 2 is 0.897 bits per heavy atom. The van der Waals surface area contributed by atoms with Crippen LogP contribution < -0.4 is 9.47 Å². The van der Waals surface area contributed by atoms with E-state index in [-0.39, 0.29) is 5.41 Å². The number of hydrogen-bond donors (Lipinski definition) is 0. The molecule has 2 nitrogen and oxygen atoms in total. The third-order valence-electron chi connectivity index (χ3n) is 8.48. The van der Waals surface area contributed by atoms with Crippen molar-refractivity contribution in [3.05, 3.63) is 120 Å². The Kier molecular flexibility index (Phi) is 5.28. The average Bonchev–Trinajstić information content (AvgIpc) is 3.21. The zero-order valence-electron chi connectivity index (χ0n) is 22.7. The van der Waals surface area contributed by atoms with Crippen LogP contribution in [0.5, 0.6) is 11.5 Å². The molecule has 0 radical (unpaired) electrons. The SMILES string of the molecule is COc1ccc(-c2c3ccccc3c(-c3ccc4c(c3)C(C)(C)c3cc(OC)ccc3-4)c3ccccc23)cc1. The Hall–Kier alpha value is -4.56. The predicted molar refractivity (Wildman–Crippen MR) is 163 cm³/mol. The highest BCUT2D eigenvalue weighted by molar-refractivity contribution is 6.21. The Labute approximate surface area is 229 Å². The van der Waals surface area contributed by atoms with E-state index >= 15 is 0 Å². The molecule has 0 heterocycles. The van der Waals surface area contributed by atoms with Crippen molar-refractivity contribution >= 4 is 21.5 Å². The molecule has 39 heavy (non-hydrogen) atoms. The van der Waals surface area contributed by atoms with Crippen molar-refractivity contribution in [2.75, 3.05) is 14.2 Å². The van der Waals surface area contributed by atoms with Crippen molar-refractivity contribution in [3.8, 4) is 44.9 Å². The molecule has 1 aliphatic carbocycles. The maximum absolute atomic E-state index is 5.57. The zero-order chi connectivity index (χ0) is 26.7. The number of hydrogen-bond acceptors (Lipinski definition) is 2. The van der Waals surface area contributed by atoms with Crippen LogP contribution in [0.4, 0.5) is 0 Å². The van der Waals surface area contributed by atoms with E-state index in [1.807, 2.05) is 12.1 Å². The molecule has 0 aliphatic heterocycles. The Balaban J connectivity index is 1.51. The summed E-state index contributed by atoms with van der Waals surface area (Å²) in [4.78, 5) is 0. The number of benzene rings is 6. The van der Waals surface area contributed by atoms with Gasteiger partial charge in [-0.3, -0.25) is 0 Å². The van der Waals surface area contributed by atoms with Gasteiger partial charge in [0.2, 0.25) is 0 Å². The summed E-state index contributed by atoms with van der Waals surface area (Å²) in [6, 6.07) is 39.5. The minimum atomic E-state index is -0.121. The summed E-state index contributed by atoms with van der Waals surface area (Å²) in [6.07, 6.45) is 0. The van der Waals surface area contributed by atoms with Crippen LogP contribution >= 0.6 is 0 Å². The molecule has 7 rings (SSSR count). The van der Waals surface area contributed by atoms with E-state index in [1.54, 1.807) is 14.2 Å². The highest BCUT2D eigenvalue weighted by Crippen LogP contribution is 2.52. The Morgan fingerprint density at radius 1 is 0.462 bits per heavy atom. The second-order valence-electron chi connectivity index (χ2n) is 10.9. The first-order chi connectivity index (χ1) is 19.0. The lowest BCUT2D eigenvalue weighted by Gasteiger charge is -2.23. The van der Waals surface area contributed by atoms with E-state index in [0.29, 0.717) is 0 Å². The smallest absolute Gasteiger partial charge is 0.119 e. The van der Waals surface area contributed by atoms with Gasteiger partial charge in [0.1, 0.15) is 11.5 Å². The van der Waals surface area contributed by atoms with E-state index in [0.717, 1.165) is 11.5 Å². The van der Waals surface area contributed by atoms with Gasteiger partial charge in [-0.25, -0.2) is 0 Å². The van der Waals surface area contributed by atoms with Crippen LogP contribution in [0, 0.1) is 0 Å². The molecule has 0 unspecified atom stereocenters. The zero-order valence-corrected chi connectivity index (χ0v) is 22.7. The lowest BCUT2D eigenvalue weighted by atomic mass is 9.80. The van der Waals surface area contributed by atoms with E-state index in [2.05, 4.69) is 111 Å². The summed E-state index contributed by atoms with van der Waals surface area (Å²) in [5.74, 6) is 1.77. The normalized spacial score (nSPS) is 13.3. The van der Waals surface area contributed by atoms with Gasteiger partial charge < -0.3 is 9.47 Å². The fourth-order valence-corrected chi connectivity index (χ4v) is 6.51. The van der Waals surface area contributed by atoms with Gasteiger partial charge in [0.25, 0.3) is 0 Å². The minimum Gasteiger partial charge on any atom is -0.497 e. The van der Waals surface area contributed by atoms with Crippen LogP contribution in [0.15, 0.2) is 109 Å². The number of methoxy groups -OCH3 is 2. The summed E-state index contributed by atoms with van der Waals surface area (Å²) in [7, 11) is 3.45. The third kappa shape index (κ3) is 3.48. The monoisotopic (exact) mass is 506 g/mol. The van der Waals surface area contributed by atoms with Gasteiger partial charge >= 0.3 is 0 Å². The largest absolute Gasteiger partial charge is 0.497 e. The maximum atomic E-state index is 5.57. The van der Waals surface area contributed by atoms with Gasteiger partial charge in [-0.05, 0) is 96.4 Å². The van der Waals surface area contributed by atoms with Crippen LogP contribution in [0.1, 0.15) is 25.0 Å². The van der Waals surface area contributed by atoms with Crippen molar-refractivity contribution in [1.29, 1.82) is 0 Å². The summed E-state index contributed by atoms with van der Waals surface area (Å²) in [6.45, 7) is 4.65. The molecule has 0 saturated carbocycles. The number of fused-ring (bicyclic) bond motifs is 5. The first-order valence-electron chi connectivity index (χ1n) is 13.4. The maximum Gasteiger partial charge on any atom is 0.119 e. The van der Waals surface area contributed by atoms with Crippen LogP contribution in [0.3, 0.4) is 0 Å². The van der Waals surface area contributed by atoms with Gasteiger partial charge in [0.15, 0.2) is 0 Å². The first kappa shape index (κ1) is 23.5. The van der Waals surface area contributed by atoms with E-state index < -0.39 is 0 Å². The second kappa shape index (κ2) is 8.74. The van der Waals surface area contributed by atoms with Crippen LogP contribution in [-0.4, -0.2) is 14.2 Å². The standard InChI is InChI=1S/C37H30O2/c1-37(2)33-21-24(15-19-27(33)28-20-18-26(39-4)22-34(28)37)36-31-11-7-5-9-29(31)35(30-10-6-8-12-32(30)36)23-13-16-25(38-3)17-14-23/h5-22H,1-4H3. The first-order valence-corrected chi connectivity index (χ1v) is 13.4. The molecular weight excluding hydrogens is 476 g/mol. The van der Waals surface area contributed by atoms with E-state index in [1.165, 1.54) is 66.1 Å². The van der Waals surface area contributed by atoms with Crippen molar-refractivity contribution in [1.82, 2.24) is 0 Å². The quantitative estimate of drug-likeness (QED) is 0.222. The molecule has 0 amide bonds. The van der Waals surface area contributed by atoms with E-state index in [9.17, 15) is 0 Å². The molecule has 0 saturated heterocycles. The van der Waals surface area contributed by atoms with Crippen molar-refractivity contribution < 1.29 is 9.47 Å². The van der Waals surface area contributed by atoms with Crippen LogP contribution in [0.25, 0.3) is 54.9 Å². The van der Waals surface area contributed by atoms with Crippen LogP contribution in [0.2, 0.25) is 0 Å². The third-order valence-corrected chi connectivity index (χ3v) is 8.48. The topological polar surface area (TPSA) is 18.5 Å². The molecule has 0 aromatic heterocycles. The molecule has 0 N–H and O–H groups in total. The Morgan fingerprint density at radius 3 is 1.44 bits per heavy atom. The molecule has 0 bridgehead atoms. The van der Waals surface area contributed by atoms with Gasteiger partial charge in [-0.15, -0.1) is 0 Å². The summed E-state index contributed by atoms with van der Waals surface area (Å²) < 4.78 is 11.0. The average molecular weight is 507 g/mol. The predicted octanol–water partition coefficient (Wildman–Crippen LogP) is 9.65. The minimum absolute atomic E-state index is 0.121. The van der Waals surface area contributed by atoms with Gasteiger partial charge in [-0.2, -0.15) is 0 Å². The van der Waals surface area contributed by atoms with Crippen LogP contribution in [-0.2, 0) is 5.41 Å². The lowest BCUT2D eigenvalue weighted by Crippen LogP contribution is -2.15. The fourth-order valence-electron chi connectivity index (χ4n) is 6.51. The molecule has 0 fully saturated rings. The second-order valence-corrected chi connectivity index (χ2v) is 10.9. The van der Waals surface area contributed by atoms with E-state index in [4.69, 9.17) is 9.47 Å². The number of rotatable bonds is 4. The van der Waals surface area contributed by atoms with Gasteiger partial charge in [0.05, 0.1) is 14.2 Å². The molecule has 0 spiro atoms.